The number of ether oxygens (including phenoxy) is 2. The highest BCUT2D eigenvalue weighted by molar-refractivity contribution is 6.30. The van der Waals surface area contributed by atoms with Crippen LogP contribution in [0, 0.1) is 11.7 Å². The molecule has 1 aromatic rings. The number of nitrogens with one attached hydrogen (secondary N) is 1. The smallest absolute Gasteiger partial charge is 0.141 e. The Morgan fingerprint density at radius 1 is 1.46 bits per heavy atom. The Labute approximate surface area is 149 Å². The van der Waals surface area contributed by atoms with Gasteiger partial charge in [-0.25, -0.2) is 4.39 Å². The second kappa shape index (κ2) is 15.5. The Kier molecular flexibility index (Phi) is 14.9. The molecule has 4 nitrogen and oxygen atoms in total. The highest BCUT2D eigenvalue weighted by atomic mass is 35.5. The first-order valence-corrected chi connectivity index (χ1v) is 8.55. The molecule has 1 heterocycles. The molecule has 1 aromatic carbocycles. The predicted molar refractivity (Wildman–Crippen MR) is 96.1 cm³/mol. The molecular formula is C18H29ClFNO3. The third-order valence-corrected chi connectivity index (χ3v) is 3.58. The summed E-state index contributed by atoms with van der Waals surface area (Å²) in [6, 6.07) is 6.12. The third kappa shape index (κ3) is 13.4. The van der Waals surface area contributed by atoms with Gasteiger partial charge in [-0.3, -0.25) is 4.79 Å². The topological polar surface area (TPSA) is 47.6 Å². The Hall–Kier alpha value is -1.01. The summed E-state index contributed by atoms with van der Waals surface area (Å²) in [5.74, 6) is 0.559. The SMILES string of the molecule is CCC1CNCCOC1.COCCC(C)=O.Fc1ccccc1Cl. The van der Waals surface area contributed by atoms with Gasteiger partial charge >= 0.3 is 0 Å². The minimum Gasteiger partial charge on any atom is -0.384 e. The zero-order chi connectivity index (χ0) is 18.2. The van der Waals surface area contributed by atoms with Crippen LogP contribution in [-0.2, 0) is 14.3 Å². The number of methoxy groups -OCH3 is 1. The number of carbonyl (C=O) groups excluding carboxylic acids is 1. The standard InChI is InChI=1S/C7H15NO.C6H4ClF.C5H10O2/c1-2-7-5-8-3-4-9-6-7;7-5-3-1-2-4-6(5)8;1-5(6)3-4-7-2/h7-8H,2-6H2,1H3;1-4H;3-4H2,1-2H3. The summed E-state index contributed by atoms with van der Waals surface area (Å²) >= 11 is 5.33. The lowest BCUT2D eigenvalue weighted by Gasteiger charge is -2.08. The van der Waals surface area contributed by atoms with Crippen LogP contribution < -0.4 is 5.32 Å². The normalized spacial score (nSPS) is 16.8. The fraction of sp³-hybridized carbons (Fsp3) is 0.611. The highest BCUT2D eigenvalue weighted by Gasteiger charge is 2.08. The molecule has 1 unspecified atom stereocenters. The summed E-state index contributed by atoms with van der Waals surface area (Å²) < 4.78 is 22.2. The van der Waals surface area contributed by atoms with Crippen LogP contribution in [0.1, 0.15) is 26.7 Å². The summed E-state index contributed by atoms with van der Waals surface area (Å²) in [7, 11) is 1.59. The van der Waals surface area contributed by atoms with E-state index in [1.807, 2.05) is 0 Å². The van der Waals surface area contributed by atoms with Gasteiger partial charge in [0, 0.05) is 26.6 Å². The van der Waals surface area contributed by atoms with E-state index >= 15 is 0 Å². The van der Waals surface area contributed by atoms with Crippen molar-refractivity contribution in [1.82, 2.24) is 5.32 Å². The van der Waals surface area contributed by atoms with Gasteiger partial charge in [-0.1, -0.05) is 30.7 Å². The fourth-order valence-corrected chi connectivity index (χ4v) is 1.84. The van der Waals surface area contributed by atoms with Crippen molar-refractivity contribution in [2.45, 2.75) is 26.7 Å². The zero-order valence-electron chi connectivity index (χ0n) is 14.8. The van der Waals surface area contributed by atoms with E-state index in [2.05, 4.69) is 17.0 Å². The maximum absolute atomic E-state index is 12.2. The molecule has 1 aliphatic rings. The molecular weight excluding hydrogens is 333 g/mol. The maximum atomic E-state index is 12.2. The molecule has 1 saturated heterocycles. The molecule has 1 fully saturated rings. The quantitative estimate of drug-likeness (QED) is 0.887. The summed E-state index contributed by atoms with van der Waals surface area (Å²) in [5, 5.41) is 3.50. The molecule has 0 spiro atoms. The first kappa shape index (κ1) is 23.0. The lowest BCUT2D eigenvalue weighted by Crippen LogP contribution is -2.22. The molecule has 0 bridgehead atoms. The number of benzene rings is 1. The minimum atomic E-state index is -0.367. The number of rotatable bonds is 4. The van der Waals surface area contributed by atoms with Crippen molar-refractivity contribution in [3.8, 4) is 0 Å². The van der Waals surface area contributed by atoms with Crippen LogP contribution in [0.3, 0.4) is 0 Å². The monoisotopic (exact) mass is 361 g/mol. The van der Waals surface area contributed by atoms with Crippen LogP contribution in [0.15, 0.2) is 24.3 Å². The first-order chi connectivity index (χ1) is 11.5. The predicted octanol–water partition coefficient (Wildman–Crippen LogP) is 3.72. The zero-order valence-corrected chi connectivity index (χ0v) is 15.6. The van der Waals surface area contributed by atoms with Crippen molar-refractivity contribution < 1.29 is 18.7 Å². The minimum absolute atomic E-state index is 0.174. The lowest BCUT2D eigenvalue weighted by molar-refractivity contribution is -0.117. The molecule has 1 atom stereocenters. The number of halogens is 2. The van der Waals surface area contributed by atoms with E-state index < -0.39 is 0 Å². The molecule has 0 radical (unpaired) electrons. The van der Waals surface area contributed by atoms with Gasteiger partial charge in [0.2, 0.25) is 0 Å². The van der Waals surface area contributed by atoms with Gasteiger partial charge in [0.1, 0.15) is 11.6 Å². The van der Waals surface area contributed by atoms with Crippen molar-refractivity contribution in [1.29, 1.82) is 0 Å². The van der Waals surface area contributed by atoms with E-state index in [1.54, 1.807) is 26.2 Å². The highest BCUT2D eigenvalue weighted by Crippen LogP contribution is 2.11. The van der Waals surface area contributed by atoms with Crippen LogP contribution in [0.5, 0.6) is 0 Å². The van der Waals surface area contributed by atoms with Crippen molar-refractivity contribution in [3.05, 3.63) is 35.1 Å². The summed E-state index contributed by atoms with van der Waals surface area (Å²) in [6.45, 7) is 8.31. The fourth-order valence-electron chi connectivity index (χ4n) is 1.71. The van der Waals surface area contributed by atoms with E-state index in [4.69, 9.17) is 16.3 Å². The number of carbonyl (C=O) groups is 1. The average molecular weight is 362 g/mol. The molecule has 24 heavy (non-hydrogen) atoms. The second-order valence-electron chi connectivity index (χ2n) is 5.41. The van der Waals surface area contributed by atoms with Crippen molar-refractivity contribution in [2.75, 3.05) is 40.0 Å². The van der Waals surface area contributed by atoms with Crippen molar-refractivity contribution in [3.63, 3.8) is 0 Å². The van der Waals surface area contributed by atoms with Gasteiger partial charge in [0.25, 0.3) is 0 Å². The Balaban J connectivity index is 0.000000334. The van der Waals surface area contributed by atoms with Crippen molar-refractivity contribution in [2.24, 2.45) is 5.92 Å². The van der Waals surface area contributed by atoms with Gasteiger partial charge < -0.3 is 14.8 Å². The Morgan fingerprint density at radius 2 is 2.17 bits per heavy atom. The van der Waals surface area contributed by atoms with Gasteiger partial charge in [0.05, 0.1) is 24.8 Å². The molecule has 0 amide bonds. The number of ketones is 1. The van der Waals surface area contributed by atoms with Crippen LogP contribution >= 0.6 is 11.6 Å². The largest absolute Gasteiger partial charge is 0.384 e. The average Bonchev–Trinajstić information content (AvgIpc) is 2.85. The first-order valence-electron chi connectivity index (χ1n) is 8.18. The van der Waals surface area contributed by atoms with Crippen LogP contribution in [0.25, 0.3) is 0 Å². The van der Waals surface area contributed by atoms with Crippen LogP contribution in [0.2, 0.25) is 5.02 Å². The van der Waals surface area contributed by atoms with Crippen LogP contribution in [0.4, 0.5) is 4.39 Å². The summed E-state index contributed by atoms with van der Waals surface area (Å²) in [4.78, 5) is 10.1. The van der Waals surface area contributed by atoms with E-state index in [0.29, 0.717) is 13.0 Å². The third-order valence-electron chi connectivity index (χ3n) is 3.27. The van der Waals surface area contributed by atoms with Crippen molar-refractivity contribution >= 4 is 17.4 Å². The molecule has 1 aliphatic heterocycles. The van der Waals surface area contributed by atoms with E-state index in [9.17, 15) is 9.18 Å². The van der Waals surface area contributed by atoms with Gasteiger partial charge in [-0.2, -0.15) is 0 Å². The summed E-state index contributed by atoms with van der Waals surface area (Å²) in [6.07, 6.45) is 1.77. The van der Waals surface area contributed by atoms with Gasteiger partial charge in [-0.05, 0) is 31.4 Å². The molecule has 138 valence electrons. The van der Waals surface area contributed by atoms with E-state index in [-0.39, 0.29) is 16.6 Å². The molecule has 0 saturated carbocycles. The Morgan fingerprint density at radius 3 is 2.62 bits per heavy atom. The molecule has 0 aliphatic carbocycles. The van der Waals surface area contributed by atoms with Crippen LogP contribution in [-0.4, -0.2) is 45.8 Å². The molecule has 0 aromatic heterocycles. The number of hydrogen-bond acceptors (Lipinski definition) is 4. The summed E-state index contributed by atoms with van der Waals surface area (Å²) in [5.41, 5.74) is 0. The number of Topliss-reactive ketones (excluding diaryl/α,β-unsaturated/α-hetero) is 1. The number of hydrogen-bond donors (Lipinski definition) is 1. The van der Waals surface area contributed by atoms with E-state index in [1.165, 1.54) is 18.6 Å². The maximum Gasteiger partial charge on any atom is 0.141 e. The molecule has 1 N–H and O–H groups in total. The molecule has 2 rings (SSSR count). The lowest BCUT2D eigenvalue weighted by atomic mass is 10.1. The second-order valence-corrected chi connectivity index (χ2v) is 5.82. The van der Waals surface area contributed by atoms with Gasteiger partial charge in [0.15, 0.2) is 0 Å². The molecule has 6 heteroatoms. The van der Waals surface area contributed by atoms with Gasteiger partial charge in [-0.15, -0.1) is 0 Å². The Bertz CT molecular complexity index is 417. The van der Waals surface area contributed by atoms with E-state index in [0.717, 1.165) is 32.2 Å².